The Kier molecular flexibility index (Phi) is 5.63. The first-order valence-electron chi connectivity index (χ1n) is 6.31. The summed E-state index contributed by atoms with van der Waals surface area (Å²) in [4.78, 5) is 14.0. The van der Waals surface area contributed by atoms with E-state index in [1.807, 2.05) is 31.2 Å². The van der Waals surface area contributed by atoms with Gasteiger partial charge in [-0.15, -0.1) is 12.4 Å². The Labute approximate surface area is 120 Å². The summed E-state index contributed by atoms with van der Waals surface area (Å²) in [7, 11) is 1.81. The molecule has 2 unspecified atom stereocenters. The first-order chi connectivity index (χ1) is 8.63. The number of amides is 1. The predicted octanol–water partition coefficient (Wildman–Crippen LogP) is 1.47. The van der Waals surface area contributed by atoms with E-state index in [0.29, 0.717) is 13.2 Å². The van der Waals surface area contributed by atoms with E-state index in [2.05, 4.69) is 0 Å². The topological polar surface area (TPSA) is 55.6 Å². The molecular formula is C14H21ClN2O2. The summed E-state index contributed by atoms with van der Waals surface area (Å²) >= 11 is 0. The van der Waals surface area contributed by atoms with E-state index in [0.717, 1.165) is 17.7 Å². The van der Waals surface area contributed by atoms with Crippen molar-refractivity contribution in [3.8, 4) is 5.75 Å². The predicted molar refractivity (Wildman–Crippen MR) is 77.7 cm³/mol. The van der Waals surface area contributed by atoms with Crippen LogP contribution in [0, 0.1) is 5.92 Å². The number of benzene rings is 1. The van der Waals surface area contributed by atoms with E-state index >= 15 is 0 Å². The van der Waals surface area contributed by atoms with Crippen LogP contribution in [-0.2, 0) is 11.2 Å². The lowest BCUT2D eigenvalue weighted by molar-refractivity contribution is -0.137. The summed E-state index contributed by atoms with van der Waals surface area (Å²) in [6, 6.07) is 7.95. The number of likely N-dealkylation sites (N-methyl/N-ethyl adjacent to an activating group) is 1. The quantitative estimate of drug-likeness (QED) is 0.914. The van der Waals surface area contributed by atoms with Gasteiger partial charge in [-0.25, -0.2) is 0 Å². The Balaban J connectivity index is 0.00000180. The lowest BCUT2D eigenvalue weighted by atomic mass is 9.95. The molecule has 0 bridgehead atoms. The summed E-state index contributed by atoms with van der Waals surface area (Å²) in [6.45, 7) is 2.89. The maximum atomic E-state index is 12.3. The number of rotatable bonds is 3. The van der Waals surface area contributed by atoms with Crippen molar-refractivity contribution < 1.29 is 9.53 Å². The number of hydrogen-bond donors (Lipinski definition) is 1. The smallest absolute Gasteiger partial charge is 0.229 e. The van der Waals surface area contributed by atoms with Gasteiger partial charge in [-0.3, -0.25) is 4.79 Å². The molecular weight excluding hydrogens is 264 g/mol. The molecule has 0 aliphatic carbocycles. The number of hydrogen-bond acceptors (Lipinski definition) is 3. The van der Waals surface area contributed by atoms with Crippen LogP contribution in [0.4, 0.5) is 0 Å². The molecule has 19 heavy (non-hydrogen) atoms. The van der Waals surface area contributed by atoms with Gasteiger partial charge in [-0.2, -0.15) is 0 Å². The number of halogens is 1. The second kappa shape index (κ2) is 6.78. The van der Waals surface area contributed by atoms with Crippen molar-refractivity contribution in [3.63, 3.8) is 0 Å². The van der Waals surface area contributed by atoms with Gasteiger partial charge in [-0.05, 0) is 25.0 Å². The average molecular weight is 285 g/mol. The summed E-state index contributed by atoms with van der Waals surface area (Å²) in [5.41, 5.74) is 6.70. The van der Waals surface area contributed by atoms with E-state index in [4.69, 9.17) is 10.5 Å². The third-order valence-corrected chi connectivity index (χ3v) is 3.58. The first-order valence-corrected chi connectivity index (χ1v) is 6.31. The number of fused-ring (bicyclic) bond motifs is 1. The van der Waals surface area contributed by atoms with Crippen molar-refractivity contribution in [1.82, 2.24) is 4.90 Å². The molecule has 1 heterocycles. The molecule has 0 aromatic heterocycles. The van der Waals surface area contributed by atoms with Crippen LogP contribution >= 0.6 is 12.4 Å². The van der Waals surface area contributed by atoms with Crippen LogP contribution in [0.5, 0.6) is 5.75 Å². The summed E-state index contributed by atoms with van der Waals surface area (Å²) < 4.78 is 5.64. The van der Waals surface area contributed by atoms with Crippen molar-refractivity contribution in [3.05, 3.63) is 29.8 Å². The Morgan fingerprint density at radius 1 is 1.53 bits per heavy atom. The number of nitrogens with two attached hydrogens (primary N) is 1. The first kappa shape index (κ1) is 15.8. The van der Waals surface area contributed by atoms with E-state index in [1.54, 1.807) is 11.9 Å². The lowest BCUT2D eigenvalue weighted by Crippen LogP contribution is -2.45. The van der Waals surface area contributed by atoms with Gasteiger partial charge in [0, 0.05) is 19.6 Å². The lowest BCUT2D eigenvalue weighted by Gasteiger charge is -2.31. The van der Waals surface area contributed by atoms with Crippen molar-refractivity contribution >= 4 is 18.3 Å². The monoisotopic (exact) mass is 284 g/mol. The molecule has 0 saturated heterocycles. The van der Waals surface area contributed by atoms with Crippen molar-refractivity contribution in [1.29, 1.82) is 0 Å². The SMILES string of the molecule is CC(CN)N(C)C(=O)C1COc2ccccc2C1.Cl. The van der Waals surface area contributed by atoms with E-state index < -0.39 is 0 Å². The standard InChI is InChI=1S/C14H20N2O2.ClH/c1-10(8-15)16(2)14(17)12-7-11-5-3-4-6-13(11)18-9-12;/h3-6,10,12H,7-9,15H2,1-2H3;1H. The molecule has 1 aliphatic rings. The molecule has 0 radical (unpaired) electrons. The molecule has 0 fully saturated rings. The minimum atomic E-state index is -0.0982. The van der Waals surface area contributed by atoms with Gasteiger partial charge in [0.05, 0.1) is 5.92 Å². The molecule has 0 spiro atoms. The molecule has 2 rings (SSSR count). The molecule has 4 nitrogen and oxygen atoms in total. The summed E-state index contributed by atoms with van der Waals surface area (Å²) in [5.74, 6) is 0.914. The van der Waals surface area contributed by atoms with Crippen LogP contribution in [0.2, 0.25) is 0 Å². The van der Waals surface area contributed by atoms with Crippen LogP contribution in [0.3, 0.4) is 0 Å². The maximum Gasteiger partial charge on any atom is 0.229 e. The summed E-state index contributed by atoms with van der Waals surface area (Å²) in [6.07, 6.45) is 0.747. The van der Waals surface area contributed by atoms with Gasteiger partial charge in [0.1, 0.15) is 12.4 Å². The Bertz CT molecular complexity index is 439. The van der Waals surface area contributed by atoms with Crippen molar-refractivity contribution in [2.45, 2.75) is 19.4 Å². The summed E-state index contributed by atoms with van der Waals surface area (Å²) in [5, 5.41) is 0. The van der Waals surface area contributed by atoms with Gasteiger partial charge in [0.15, 0.2) is 0 Å². The number of carbonyl (C=O) groups excluding carboxylic acids is 1. The van der Waals surface area contributed by atoms with Crippen LogP contribution in [0.15, 0.2) is 24.3 Å². The fourth-order valence-corrected chi connectivity index (χ4v) is 2.15. The Hall–Kier alpha value is -1.26. The largest absolute Gasteiger partial charge is 0.492 e. The number of carbonyl (C=O) groups is 1. The second-order valence-electron chi connectivity index (χ2n) is 4.85. The third kappa shape index (κ3) is 3.39. The Morgan fingerprint density at radius 3 is 2.89 bits per heavy atom. The van der Waals surface area contributed by atoms with Gasteiger partial charge < -0.3 is 15.4 Å². The van der Waals surface area contributed by atoms with Gasteiger partial charge in [0.2, 0.25) is 5.91 Å². The van der Waals surface area contributed by atoms with Crippen molar-refractivity contribution in [2.24, 2.45) is 11.7 Å². The highest BCUT2D eigenvalue weighted by Gasteiger charge is 2.29. The molecule has 2 atom stereocenters. The number of ether oxygens (including phenoxy) is 1. The molecule has 0 saturated carbocycles. The minimum Gasteiger partial charge on any atom is -0.492 e. The van der Waals surface area contributed by atoms with E-state index in [9.17, 15) is 4.79 Å². The fraction of sp³-hybridized carbons (Fsp3) is 0.500. The van der Waals surface area contributed by atoms with Gasteiger partial charge in [-0.1, -0.05) is 18.2 Å². The minimum absolute atomic E-state index is 0. The zero-order valence-electron chi connectivity index (χ0n) is 11.3. The van der Waals surface area contributed by atoms with Crippen LogP contribution in [0.25, 0.3) is 0 Å². The third-order valence-electron chi connectivity index (χ3n) is 3.58. The van der Waals surface area contributed by atoms with Crippen LogP contribution in [0.1, 0.15) is 12.5 Å². The maximum absolute atomic E-state index is 12.3. The zero-order valence-corrected chi connectivity index (χ0v) is 12.2. The van der Waals surface area contributed by atoms with Gasteiger partial charge in [0.25, 0.3) is 0 Å². The second-order valence-corrected chi connectivity index (χ2v) is 4.85. The van der Waals surface area contributed by atoms with Gasteiger partial charge >= 0.3 is 0 Å². The molecule has 106 valence electrons. The molecule has 2 N–H and O–H groups in total. The highest BCUT2D eigenvalue weighted by atomic mass is 35.5. The molecule has 1 amide bonds. The highest BCUT2D eigenvalue weighted by molar-refractivity contribution is 5.85. The Morgan fingerprint density at radius 2 is 2.21 bits per heavy atom. The highest BCUT2D eigenvalue weighted by Crippen LogP contribution is 2.27. The van der Waals surface area contributed by atoms with E-state index in [1.165, 1.54) is 0 Å². The average Bonchev–Trinajstić information content (AvgIpc) is 2.44. The van der Waals surface area contributed by atoms with E-state index in [-0.39, 0.29) is 30.3 Å². The fourth-order valence-electron chi connectivity index (χ4n) is 2.15. The molecule has 5 heteroatoms. The number of para-hydroxylation sites is 1. The van der Waals surface area contributed by atoms with Crippen molar-refractivity contribution in [2.75, 3.05) is 20.2 Å². The molecule has 1 aromatic rings. The molecule has 1 aromatic carbocycles. The molecule has 1 aliphatic heterocycles. The van der Waals surface area contributed by atoms with Crippen LogP contribution < -0.4 is 10.5 Å². The normalized spacial score (nSPS) is 18.6. The number of nitrogens with zero attached hydrogens (tertiary/aromatic N) is 1. The zero-order chi connectivity index (χ0) is 13.1. The van der Waals surface area contributed by atoms with Crippen LogP contribution in [-0.4, -0.2) is 37.0 Å².